The SMILES string of the molecule is CCNc1nc(C)cc(NCCNC(=O)c2cc3ccccc3o2)n1. The number of aryl methyl sites for hydroxylation is 1. The molecule has 1 aromatic carbocycles. The third-order valence-electron chi connectivity index (χ3n) is 3.56. The number of rotatable bonds is 7. The van der Waals surface area contributed by atoms with E-state index in [2.05, 4.69) is 25.9 Å². The van der Waals surface area contributed by atoms with Gasteiger partial charge < -0.3 is 20.4 Å². The first-order valence-corrected chi connectivity index (χ1v) is 8.26. The molecule has 0 saturated carbocycles. The zero-order valence-corrected chi connectivity index (χ0v) is 14.3. The first-order valence-electron chi connectivity index (χ1n) is 8.26. The number of hydrogen-bond donors (Lipinski definition) is 3. The summed E-state index contributed by atoms with van der Waals surface area (Å²) in [5, 5.41) is 10.0. The molecule has 0 aliphatic carbocycles. The summed E-state index contributed by atoms with van der Waals surface area (Å²) in [5.74, 6) is 1.40. The number of furan rings is 1. The first kappa shape index (κ1) is 16.8. The van der Waals surface area contributed by atoms with E-state index in [-0.39, 0.29) is 5.91 Å². The first-order chi connectivity index (χ1) is 12.2. The summed E-state index contributed by atoms with van der Waals surface area (Å²) >= 11 is 0. The molecule has 7 nitrogen and oxygen atoms in total. The third-order valence-corrected chi connectivity index (χ3v) is 3.56. The number of para-hydroxylation sites is 1. The predicted octanol–water partition coefficient (Wildman–Crippen LogP) is 2.80. The highest BCUT2D eigenvalue weighted by Crippen LogP contribution is 2.18. The average molecular weight is 339 g/mol. The largest absolute Gasteiger partial charge is 0.451 e. The van der Waals surface area contributed by atoms with Crippen LogP contribution >= 0.6 is 0 Å². The van der Waals surface area contributed by atoms with Crippen LogP contribution in [0, 0.1) is 6.92 Å². The molecule has 0 spiro atoms. The Morgan fingerprint density at radius 2 is 1.96 bits per heavy atom. The summed E-state index contributed by atoms with van der Waals surface area (Å²) in [5.41, 5.74) is 1.58. The van der Waals surface area contributed by atoms with Crippen LogP contribution in [-0.4, -0.2) is 35.5 Å². The van der Waals surface area contributed by atoms with Gasteiger partial charge in [-0.05, 0) is 26.0 Å². The highest BCUT2D eigenvalue weighted by molar-refractivity contribution is 5.96. The van der Waals surface area contributed by atoms with Gasteiger partial charge >= 0.3 is 0 Å². The van der Waals surface area contributed by atoms with Gasteiger partial charge in [-0.2, -0.15) is 4.98 Å². The molecule has 0 aliphatic heterocycles. The van der Waals surface area contributed by atoms with Crippen LogP contribution in [0.15, 0.2) is 40.8 Å². The fraction of sp³-hybridized carbons (Fsp3) is 0.278. The van der Waals surface area contributed by atoms with Crippen molar-refractivity contribution in [3.05, 3.63) is 47.9 Å². The van der Waals surface area contributed by atoms with E-state index in [1.165, 1.54) is 0 Å². The highest BCUT2D eigenvalue weighted by atomic mass is 16.3. The third kappa shape index (κ3) is 4.26. The molecule has 25 heavy (non-hydrogen) atoms. The number of hydrogen-bond acceptors (Lipinski definition) is 6. The Morgan fingerprint density at radius 1 is 1.12 bits per heavy atom. The quantitative estimate of drug-likeness (QED) is 0.573. The van der Waals surface area contributed by atoms with Gasteiger partial charge in [0.15, 0.2) is 5.76 Å². The minimum absolute atomic E-state index is 0.231. The standard InChI is InChI=1S/C18H21N5O2/c1-3-19-18-22-12(2)10-16(23-18)20-8-9-21-17(24)15-11-13-6-4-5-7-14(13)25-15/h4-7,10-11H,3,8-9H2,1-2H3,(H,21,24)(H2,19,20,22,23). The van der Waals surface area contributed by atoms with Gasteiger partial charge in [0.1, 0.15) is 11.4 Å². The van der Waals surface area contributed by atoms with Crippen LogP contribution in [-0.2, 0) is 0 Å². The fourth-order valence-corrected chi connectivity index (χ4v) is 2.44. The van der Waals surface area contributed by atoms with Crippen molar-refractivity contribution in [3.63, 3.8) is 0 Å². The number of fused-ring (bicyclic) bond motifs is 1. The number of carbonyl (C=O) groups excluding carboxylic acids is 1. The molecule has 7 heteroatoms. The van der Waals surface area contributed by atoms with Crippen LogP contribution in [0.4, 0.5) is 11.8 Å². The van der Waals surface area contributed by atoms with Crippen molar-refractivity contribution in [2.45, 2.75) is 13.8 Å². The molecule has 0 radical (unpaired) electrons. The molecule has 3 N–H and O–H groups in total. The summed E-state index contributed by atoms with van der Waals surface area (Å²) in [6, 6.07) is 11.2. The predicted molar refractivity (Wildman–Crippen MR) is 98.0 cm³/mol. The molecule has 130 valence electrons. The zero-order chi connectivity index (χ0) is 17.6. The van der Waals surface area contributed by atoms with Gasteiger partial charge in [0, 0.05) is 36.8 Å². The lowest BCUT2D eigenvalue weighted by molar-refractivity contribution is 0.0929. The molecule has 2 aromatic heterocycles. The van der Waals surface area contributed by atoms with Gasteiger partial charge in [0.25, 0.3) is 5.91 Å². The minimum atomic E-state index is -0.231. The normalized spacial score (nSPS) is 10.6. The Labute approximate surface area is 145 Å². The van der Waals surface area contributed by atoms with E-state index in [4.69, 9.17) is 4.42 Å². The van der Waals surface area contributed by atoms with Gasteiger partial charge in [0.05, 0.1) is 0 Å². The number of anilines is 2. The zero-order valence-electron chi connectivity index (χ0n) is 14.3. The van der Waals surface area contributed by atoms with E-state index >= 15 is 0 Å². The van der Waals surface area contributed by atoms with E-state index in [9.17, 15) is 4.79 Å². The van der Waals surface area contributed by atoms with Crippen LogP contribution in [0.1, 0.15) is 23.2 Å². The van der Waals surface area contributed by atoms with Gasteiger partial charge in [-0.3, -0.25) is 4.79 Å². The molecule has 0 unspecified atom stereocenters. The van der Waals surface area contributed by atoms with Crippen LogP contribution < -0.4 is 16.0 Å². The number of amides is 1. The van der Waals surface area contributed by atoms with Crippen molar-refractivity contribution in [1.29, 1.82) is 0 Å². The van der Waals surface area contributed by atoms with Gasteiger partial charge in [0.2, 0.25) is 5.95 Å². The van der Waals surface area contributed by atoms with E-state index in [1.807, 2.05) is 44.2 Å². The van der Waals surface area contributed by atoms with Crippen LogP contribution in [0.25, 0.3) is 11.0 Å². The smallest absolute Gasteiger partial charge is 0.287 e. The van der Waals surface area contributed by atoms with Crippen molar-refractivity contribution in [2.24, 2.45) is 0 Å². The second-order valence-corrected chi connectivity index (χ2v) is 5.58. The molecule has 1 amide bonds. The summed E-state index contributed by atoms with van der Waals surface area (Å²) in [7, 11) is 0. The van der Waals surface area contributed by atoms with Crippen LogP contribution in [0.5, 0.6) is 0 Å². The Hall–Kier alpha value is -3.09. The second kappa shape index (κ2) is 7.65. The van der Waals surface area contributed by atoms with Crippen molar-refractivity contribution in [3.8, 4) is 0 Å². The maximum Gasteiger partial charge on any atom is 0.287 e. The maximum absolute atomic E-state index is 12.2. The van der Waals surface area contributed by atoms with Crippen molar-refractivity contribution in [2.75, 3.05) is 30.3 Å². The topological polar surface area (TPSA) is 92.1 Å². The van der Waals surface area contributed by atoms with Gasteiger partial charge in [-0.1, -0.05) is 18.2 Å². The van der Waals surface area contributed by atoms with Crippen LogP contribution in [0.3, 0.4) is 0 Å². The van der Waals surface area contributed by atoms with Gasteiger partial charge in [-0.15, -0.1) is 0 Å². The molecular formula is C18H21N5O2. The summed E-state index contributed by atoms with van der Waals surface area (Å²) in [4.78, 5) is 20.8. The van der Waals surface area contributed by atoms with Crippen molar-refractivity contribution in [1.82, 2.24) is 15.3 Å². The van der Waals surface area contributed by atoms with Crippen LogP contribution in [0.2, 0.25) is 0 Å². The second-order valence-electron chi connectivity index (χ2n) is 5.58. The lowest BCUT2D eigenvalue weighted by Gasteiger charge is -2.09. The molecule has 3 aromatic rings. The molecule has 0 saturated heterocycles. The van der Waals surface area contributed by atoms with E-state index in [0.29, 0.717) is 30.4 Å². The summed E-state index contributed by atoms with van der Waals surface area (Å²) in [6.07, 6.45) is 0. The molecule has 0 atom stereocenters. The lowest BCUT2D eigenvalue weighted by atomic mass is 10.2. The maximum atomic E-state index is 12.2. The Kier molecular flexibility index (Phi) is 5.13. The lowest BCUT2D eigenvalue weighted by Crippen LogP contribution is -2.28. The molecule has 0 bridgehead atoms. The molecule has 2 heterocycles. The minimum Gasteiger partial charge on any atom is -0.451 e. The van der Waals surface area contributed by atoms with E-state index in [0.717, 1.165) is 23.4 Å². The Bertz CT molecular complexity index is 842. The van der Waals surface area contributed by atoms with E-state index in [1.54, 1.807) is 6.07 Å². The number of benzene rings is 1. The number of nitrogens with zero attached hydrogens (tertiary/aromatic N) is 2. The summed E-state index contributed by atoms with van der Waals surface area (Å²) < 4.78 is 5.54. The Balaban J connectivity index is 1.52. The monoisotopic (exact) mass is 339 g/mol. The fourth-order valence-electron chi connectivity index (χ4n) is 2.44. The number of nitrogens with one attached hydrogen (secondary N) is 3. The Morgan fingerprint density at radius 3 is 2.76 bits per heavy atom. The molecule has 0 fully saturated rings. The van der Waals surface area contributed by atoms with Gasteiger partial charge in [-0.25, -0.2) is 4.98 Å². The molecule has 0 aliphatic rings. The average Bonchev–Trinajstić information content (AvgIpc) is 3.02. The number of aromatic nitrogens is 2. The summed E-state index contributed by atoms with van der Waals surface area (Å²) in [6.45, 7) is 5.67. The molecular weight excluding hydrogens is 318 g/mol. The van der Waals surface area contributed by atoms with Crippen molar-refractivity contribution >= 4 is 28.6 Å². The highest BCUT2D eigenvalue weighted by Gasteiger charge is 2.11. The molecule has 3 rings (SSSR count). The van der Waals surface area contributed by atoms with E-state index < -0.39 is 0 Å². The van der Waals surface area contributed by atoms with Crippen molar-refractivity contribution < 1.29 is 9.21 Å². The number of carbonyl (C=O) groups is 1.